The highest BCUT2D eigenvalue weighted by Gasteiger charge is 2.33. The lowest BCUT2D eigenvalue weighted by molar-refractivity contribution is -0.877. The van der Waals surface area contributed by atoms with Gasteiger partial charge in [-0.15, -0.1) is 0 Å². The van der Waals surface area contributed by atoms with Gasteiger partial charge in [-0.05, 0) is 19.3 Å². The molecule has 0 aromatic rings. The summed E-state index contributed by atoms with van der Waals surface area (Å²) in [5, 5.41) is 21.9. The second-order valence-corrected chi connectivity index (χ2v) is 14.8. The molecule has 0 saturated heterocycles. The smallest absolute Gasteiger partial charge is 0.132 e. The van der Waals surface area contributed by atoms with Crippen molar-refractivity contribution in [3.8, 4) is 0 Å². The lowest BCUT2D eigenvalue weighted by atomic mass is 9.91. The fraction of sp³-hybridized carbons (Fsp3) is 0.947. The van der Waals surface area contributed by atoms with Crippen molar-refractivity contribution in [2.75, 3.05) is 27.7 Å². The van der Waals surface area contributed by atoms with Gasteiger partial charge in [-0.1, -0.05) is 161 Å². The van der Waals surface area contributed by atoms with E-state index in [4.69, 9.17) is 0 Å². The molecule has 0 heterocycles. The van der Waals surface area contributed by atoms with E-state index in [-0.39, 0.29) is 6.42 Å². The third-order valence-electron chi connectivity index (χ3n) is 8.90. The first-order chi connectivity index (χ1) is 20.6. The molecule has 5 nitrogen and oxygen atoms in total. The van der Waals surface area contributed by atoms with Gasteiger partial charge in [0.1, 0.15) is 17.9 Å². The molecule has 256 valence electrons. The zero-order chi connectivity index (χ0) is 32.1. The Morgan fingerprint density at radius 3 is 1.14 bits per heavy atom. The van der Waals surface area contributed by atoms with Crippen molar-refractivity contribution in [1.82, 2.24) is 0 Å². The fourth-order valence-corrected chi connectivity index (χ4v) is 6.56. The van der Waals surface area contributed by atoms with Gasteiger partial charge in [0, 0.05) is 25.2 Å². The van der Waals surface area contributed by atoms with E-state index in [0.29, 0.717) is 23.2 Å². The molecule has 5 heteroatoms. The number of hydrogen-bond donors (Lipinski definition) is 1. The minimum atomic E-state index is -1.17. The number of nitrogens with zero attached hydrogens (tertiary/aromatic N) is 1. The number of carbonyl (C=O) groups excluding carboxylic acids is 2. The van der Waals surface area contributed by atoms with Crippen LogP contribution in [0.4, 0.5) is 0 Å². The van der Waals surface area contributed by atoms with Crippen molar-refractivity contribution in [3.63, 3.8) is 0 Å². The average molecular weight is 610 g/mol. The fourth-order valence-electron chi connectivity index (χ4n) is 6.56. The van der Waals surface area contributed by atoms with Crippen molar-refractivity contribution < 1.29 is 24.3 Å². The number of rotatable bonds is 34. The van der Waals surface area contributed by atoms with E-state index < -0.39 is 11.6 Å². The predicted molar refractivity (Wildman–Crippen MR) is 182 cm³/mol. The maximum absolute atomic E-state index is 12.2. The molecule has 0 aromatic carbocycles. The standard InChI is InChI=1S/C38H75NO4/c1-5-6-7-8-9-10-11-13-16-19-22-25-28-31-36(40)32-29-26-23-20-17-14-12-15-18-21-24-27-30-33-38(43,34-37(41)42)35-39(2,3)4/h43H,5-35H2,1-4H3/t38-/m1/s1. The number of carboxylic acid groups (broad SMARTS) is 1. The van der Waals surface area contributed by atoms with Crippen LogP contribution >= 0.6 is 0 Å². The Morgan fingerprint density at radius 2 is 0.837 bits per heavy atom. The summed E-state index contributed by atoms with van der Waals surface area (Å²) in [7, 11) is 5.93. The highest BCUT2D eigenvalue weighted by atomic mass is 16.4. The molecule has 0 spiro atoms. The Bertz CT molecular complexity index is 644. The van der Waals surface area contributed by atoms with Gasteiger partial charge in [0.05, 0.1) is 21.1 Å². The molecule has 0 aliphatic carbocycles. The SMILES string of the molecule is CCCCCCCCCCCCCCCC(=O)CCCCCCCCCCCCCCC[C@@](O)(CC(=O)[O-])C[N+](C)(C)C. The average Bonchev–Trinajstić information content (AvgIpc) is 2.91. The van der Waals surface area contributed by atoms with Crippen molar-refractivity contribution in [2.45, 2.75) is 205 Å². The number of hydrogen-bond acceptors (Lipinski definition) is 4. The summed E-state index contributed by atoms with van der Waals surface area (Å²) in [6.45, 7) is 2.71. The topological polar surface area (TPSA) is 77.4 Å². The highest BCUT2D eigenvalue weighted by Crippen LogP contribution is 2.23. The van der Waals surface area contributed by atoms with Crippen molar-refractivity contribution >= 4 is 11.8 Å². The van der Waals surface area contributed by atoms with Gasteiger partial charge in [-0.2, -0.15) is 0 Å². The zero-order valence-corrected chi connectivity index (χ0v) is 29.5. The molecule has 1 atom stereocenters. The van der Waals surface area contributed by atoms with E-state index in [1.165, 1.54) is 135 Å². The first-order valence-corrected chi connectivity index (χ1v) is 18.8. The minimum absolute atomic E-state index is 0.278. The molecule has 0 aliphatic heterocycles. The van der Waals surface area contributed by atoms with Crippen LogP contribution in [0.5, 0.6) is 0 Å². The molecule has 0 radical (unpaired) electrons. The summed E-state index contributed by atoms with van der Waals surface area (Å²) < 4.78 is 0.545. The Labute approximate surface area is 268 Å². The molecule has 0 aromatic heterocycles. The summed E-state index contributed by atoms with van der Waals surface area (Å²) in [5.41, 5.74) is -1.17. The molecule has 0 bridgehead atoms. The Kier molecular flexibility index (Phi) is 27.9. The van der Waals surface area contributed by atoms with Crippen LogP contribution in [0.1, 0.15) is 200 Å². The number of carbonyl (C=O) groups is 2. The summed E-state index contributed by atoms with van der Waals surface area (Å²) in [6.07, 6.45) is 35.1. The molecular formula is C38H75NO4. The molecule has 0 unspecified atom stereocenters. The monoisotopic (exact) mass is 610 g/mol. The van der Waals surface area contributed by atoms with Gasteiger partial charge in [-0.3, -0.25) is 4.79 Å². The number of aliphatic carboxylic acids is 1. The Hall–Kier alpha value is -0.940. The molecular weight excluding hydrogens is 534 g/mol. The quantitative estimate of drug-likeness (QED) is 0.0582. The lowest BCUT2D eigenvalue weighted by Crippen LogP contribution is -2.51. The van der Waals surface area contributed by atoms with E-state index >= 15 is 0 Å². The van der Waals surface area contributed by atoms with Crippen LogP contribution in [-0.4, -0.2) is 54.6 Å². The molecule has 0 rings (SSSR count). The largest absolute Gasteiger partial charge is 0.550 e. The van der Waals surface area contributed by atoms with Gasteiger partial charge in [0.25, 0.3) is 0 Å². The summed E-state index contributed by atoms with van der Waals surface area (Å²) >= 11 is 0. The van der Waals surface area contributed by atoms with E-state index in [2.05, 4.69) is 6.92 Å². The molecule has 0 amide bonds. The number of ketones is 1. The summed E-state index contributed by atoms with van der Waals surface area (Å²) in [6, 6.07) is 0. The predicted octanol–water partition coefficient (Wildman–Crippen LogP) is 9.47. The minimum Gasteiger partial charge on any atom is -0.550 e. The Balaban J connectivity index is 3.41. The zero-order valence-electron chi connectivity index (χ0n) is 29.5. The second kappa shape index (κ2) is 28.5. The summed E-state index contributed by atoms with van der Waals surface area (Å²) in [4.78, 5) is 23.2. The van der Waals surface area contributed by atoms with Crippen LogP contribution in [0.25, 0.3) is 0 Å². The normalized spacial score (nSPS) is 13.3. The maximum atomic E-state index is 12.2. The van der Waals surface area contributed by atoms with Crippen molar-refractivity contribution in [2.24, 2.45) is 0 Å². The third kappa shape index (κ3) is 32.3. The van der Waals surface area contributed by atoms with E-state index in [9.17, 15) is 19.8 Å². The van der Waals surface area contributed by atoms with Gasteiger partial charge in [0.15, 0.2) is 0 Å². The van der Waals surface area contributed by atoms with Gasteiger partial charge >= 0.3 is 0 Å². The summed E-state index contributed by atoms with van der Waals surface area (Å²) in [5.74, 6) is -0.679. The van der Waals surface area contributed by atoms with Gasteiger partial charge in [0.2, 0.25) is 0 Å². The van der Waals surface area contributed by atoms with E-state index in [0.717, 1.165) is 44.9 Å². The first kappa shape index (κ1) is 42.1. The lowest BCUT2D eigenvalue weighted by Gasteiger charge is -2.36. The van der Waals surface area contributed by atoms with Gasteiger partial charge < -0.3 is 19.5 Å². The van der Waals surface area contributed by atoms with Gasteiger partial charge in [-0.25, -0.2) is 0 Å². The van der Waals surface area contributed by atoms with Crippen LogP contribution in [-0.2, 0) is 9.59 Å². The third-order valence-corrected chi connectivity index (χ3v) is 8.90. The van der Waals surface area contributed by atoms with Crippen LogP contribution < -0.4 is 5.11 Å². The number of Topliss-reactive ketones (excluding diaryl/α,β-unsaturated/α-hetero) is 1. The van der Waals surface area contributed by atoms with E-state index in [1.54, 1.807) is 0 Å². The highest BCUT2D eigenvalue weighted by molar-refractivity contribution is 5.78. The van der Waals surface area contributed by atoms with Crippen LogP contribution in [0.2, 0.25) is 0 Å². The number of aliphatic hydroxyl groups is 1. The van der Waals surface area contributed by atoms with Crippen molar-refractivity contribution in [3.05, 3.63) is 0 Å². The van der Waals surface area contributed by atoms with E-state index in [1.807, 2.05) is 21.1 Å². The molecule has 0 saturated carbocycles. The number of quaternary nitrogens is 1. The van der Waals surface area contributed by atoms with Crippen molar-refractivity contribution in [1.29, 1.82) is 0 Å². The molecule has 0 fully saturated rings. The maximum Gasteiger partial charge on any atom is 0.132 e. The molecule has 0 aliphatic rings. The number of likely N-dealkylation sites (N-methyl/N-ethyl adjacent to an activating group) is 1. The Morgan fingerprint density at radius 1 is 0.535 bits per heavy atom. The second-order valence-electron chi connectivity index (χ2n) is 14.8. The molecule has 43 heavy (non-hydrogen) atoms. The number of unbranched alkanes of at least 4 members (excludes halogenated alkanes) is 24. The van der Waals surface area contributed by atoms with Crippen LogP contribution in [0, 0.1) is 0 Å². The molecule has 1 N–H and O–H groups in total. The number of carboxylic acids is 1. The van der Waals surface area contributed by atoms with Crippen LogP contribution in [0.3, 0.4) is 0 Å². The first-order valence-electron chi connectivity index (χ1n) is 18.8. The van der Waals surface area contributed by atoms with Crippen LogP contribution in [0.15, 0.2) is 0 Å².